The van der Waals surface area contributed by atoms with Gasteiger partial charge in [0.1, 0.15) is 5.69 Å². The molecule has 3 N–H and O–H groups in total. The summed E-state index contributed by atoms with van der Waals surface area (Å²) >= 11 is 0. The maximum absolute atomic E-state index is 12.0. The zero-order valence-electron chi connectivity index (χ0n) is 14.7. The highest BCUT2D eigenvalue weighted by Crippen LogP contribution is 2.15. The fraction of sp³-hybridized carbons (Fsp3) is 0.600. The van der Waals surface area contributed by atoms with Crippen LogP contribution >= 0.6 is 0 Å². The maximum Gasteiger partial charge on any atom is 0.490 e. The topological polar surface area (TPSA) is 129 Å². The molecule has 12 heteroatoms. The van der Waals surface area contributed by atoms with E-state index < -0.39 is 17.1 Å². The number of piperidine rings is 1. The normalized spacial score (nSPS) is 15.8. The Morgan fingerprint density at radius 1 is 1.37 bits per heavy atom. The van der Waals surface area contributed by atoms with E-state index in [0.29, 0.717) is 6.04 Å². The number of hydrogen-bond acceptors (Lipinski definition) is 5. The molecule has 1 amide bonds. The molecule has 1 aromatic heterocycles. The number of aromatic amines is 1. The summed E-state index contributed by atoms with van der Waals surface area (Å²) in [6.45, 7) is 6.26. The number of alkyl halides is 3. The van der Waals surface area contributed by atoms with Gasteiger partial charge in [0, 0.05) is 31.2 Å². The van der Waals surface area contributed by atoms with Crippen LogP contribution in [-0.4, -0.2) is 63.1 Å². The average molecular weight is 394 g/mol. The lowest BCUT2D eigenvalue weighted by Gasteiger charge is -2.34. The van der Waals surface area contributed by atoms with Gasteiger partial charge in [-0.05, 0) is 26.7 Å². The molecule has 0 bridgehead atoms. The van der Waals surface area contributed by atoms with Gasteiger partial charge in [-0.25, -0.2) is 4.79 Å². The average Bonchev–Trinajstić information content (AvgIpc) is 3.05. The van der Waals surface area contributed by atoms with Crippen molar-refractivity contribution in [2.45, 2.75) is 44.9 Å². The van der Waals surface area contributed by atoms with Crippen LogP contribution in [0.4, 0.5) is 18.9 Å². The van der Waals surface area contributed by atoms with E-state index in [1.165, 1.54) is 12.3 Å². The fourth-order valence-corrected chi connectivity index (χ4v) is 2.44. The number of likely N-dealkylation sites (tertiary alicyclic amines) is 1. The third-order valence-corrected chi connectivity index (χ3v) is 3.96. The van der Waals surface area contributed by atoms with Crippen LogP contribution < -0.4 is 5.32 Å². The minimum absolute atomic E-state index is 0.0928. The van der Waals surface area contributed by atoms with Crippen molar-refractivity contribution in [3.8, 4) is 0 Å². The van der Waals surface area contributed by atoms with Crippen molar-refractivity contribution in [2.24, 2.45) is 0 Å². The second-order valence-corrected chi connectivity index (χ2v) is 6.21. The maximum atomic E-state index is 12.0. The van der Waals surface area contributed by atoms with E-state index >= 15 is 0 Å². The van der Waals surface area contributed by atoms with E-state index in [2.05, 4.69) is 29.0 Å². The van der Waals surface area contributed by atoms with Crippen molar-refractivity contribution in [3.05, 3.63) is 28.1 Å². The Morgan fingerprint density at radius 3 is 2.26 bits per heavy atom. The molecular formula is C15H21F3N4O5. The summed E-state index contributed by atoms with van der Waals surface area (Å²) in [4.78, 5) is 36.0. The number of carboxylic acid groups (broad SMARTS) is 1. The summed E-state index contributed by atoms with van der Waals surface area (Å²) in [5.41, 5.74) is 0.146. The predicted octanol–water partition coefficient (Wildman–Crippen LogP) is 2.16. The first kappa shape index (κ1) is 22.4. The Morgan fingerprint density at radius 2 is 1.89 bits per heavy atom. The van der Waals surface area contributed by atoms with Gasteiger partial charge >= 0.3 is 12.1 Å². The van der Waals surface area contributed by atoms with Gasteiger partial charge in [-0.1, -0.05) is 0 Å². The quantitative estimate of drug-likeness (QED) is 0.530. The minimum atomic E-state index is -5.08. The number of H-pyrrole nitrogens is 1. The highest BCUT2D eigenvalue weighted by Gasteiger charge is 2.38. The second kappa shape index (κ2) is 9.35. The van der Waals surface area contributed by atoms with Crippen LogP contribution in [0.5, 0.6) is 0 Å². The Labute approximate surface area is 152 Å². The summed E-state index contributed by atoms with van der Waals surface area (Å²) in [6, 6.07) is 1.93. The Balaban J connectivity index is 0.000000445. The molecule has 0 aliphatic carbocycles. The minimum Gasteiger partial charge on any atom is -0.475 e. The van der Waals surface area contributed by atoms with Crippen molar-refractivity contribution in [2.75, 3.05) is 13.1 Å². The number of aromatic nitrogens is 1. The summed E-state index contributed by atoms with van der Waals surface area (Å²) in [7, 11) is 0. The molecule has 0 atom stereocenters. The number of aliphatic carboxylic acids is 1. The molecule has 0 unspecified atom stereocenters. The van der Waals surface area contributed by atoms with Gasteiger partial charge in [-0.3, -0.25) is 14.9 Å². The molecule has 2 heterocycles. The molecule has 0 spiro atoms. The van der Waals surface area contributed by atoms with Crippen LogP contribution in [0.3, 0.4) is 0 Å². The number of carbonyl (C=O) groups is 2. The monoisotopic (exact) mass is 394 g/mol. The SMILES string of the molecule is CC(C)N1CCC(NC(=O)c2cc([N+](=O)[O-])c[nH]2)CC1.O=C(O)C(F)(F)F. The van der Waals surface area contributed by atoms with Gasteiger partial charge in [-0.2, -0.15) is 13.2 Å². The molecule has 0 radical (unpaired) electrons. The van der Waals surface area contributed by atoms with Crippen LogP contribution in [-0.2, 0) is 4.79 Å². The molecule has 1 aromatic rings. The number of halogens is 3. The number of nitrogens with zero attached hydrogens (tertiary/aromatic N) is 2. The lowest BCUT2D eigenvalue weighted by atomic mass is 10.0. The van der Waals surface area contributed by atoms with Crippen LogP contribution in [0.15, 0.2) is 12.3 Å². The molecule has 0 saturated carbocycles. The third kappa shape index (κ3) is 7.25. The number of carboxylic acids is 1. The Hall–Kier alpha value is -2.63. The summed E-state index contributed by atoms with van der Waals surface area (Å²) in [5.74, 6) is -3.03. The number of nitro groups is 1. The molecule has 1 saturated heterocycles. The first-order chi connectivity index (χ1) is 12.4. The summed E-state index contributed by atoms with van der Waals surface area (Å²) < 4.78 is 31.7. The number of rotatable bonds is 4. The number of nitrogens with one attached hydrogen (secondary N) is 2. The fourth-order valence-electron chi connectivity index (χ4n) is 2.44. The number of carbonyl (C=O) groups excluding carboxylic acids is 1. The van der Waals surface area contributed by atoms with E-state index in [0.717, 1.165) is 25.9 Å². The standard InChI is InChI=1S/C13H20N4O3.C2HF3O2/c1-9(2)16-5-3-10(4-6-16)15-13(18)12-7-11(8-14-12)17(19)20;3-2(4,5)1(6)7/h7-10,14H,3-6H2,1-2H3,(H,15,18);(H,6,7). The van der Waals surface area contributed by atoms with Crippen molar-refractivity contribution in [3.63, 3.8) is 0 Å². The number of amides is 1. The first-order valence-electron chi connectivity index (χ1n) is 8.09. The van der Waals surface area contributed by atoms with Crippen LogP contribution in [0.25, 0.3) is 0 Å². The van der Waals surface area contributed by atoms with Crippen molar-refractivity contribution < 1.29 is 32.8 Å². The molecule has 2 rings (SSSR count). The van der Waals surface area contributed by atoms with Crippen molar-refractivity contribution in [1.29, 1.82) is 0 Å². The van der Waals surface area contributed by atoms with E-state index in [-0.39, 0.29) is 23.3 Å². The van der Waals surface area contributed by atoms with Crippen molar-refractivity contribution in [1.82, 2.24) is 15.2 Å². The highest BCUT2D eigenvalue weighted by molar-refractivity contribution is 5.93. The molecule has 9 nitrogen and oxygen atoms in total. The zero-order valence-corrected chi connectivity index (χ0v) is 14.7. The molecular weight excluding hydrogens is 373 g/mol. The van der Waals surface area contributed by atoms with Gasteiger partial charge in [0.05, 0.1) is 11.1 Å². The van der Waals surface area contributed by atoms with E-state index in [4.69, 9.17) is 9.90 Å². The first-order valence-corrected chi connectivity index (χ1v) is 8.09. The highest BCUT2D eigenvalue weighted by atomic mass is 19.4. The largest absolute Gasteiger partial charge is 0.490 e. The van der Waals surface area contributed by atoms with Crippen molar-refractivity contribution >= 4 is 17.6 Å². The number of hydrogen-bond donors (Lipinski definition) is 3. The van der Waals surface area contributed by atoms with Gasteiger partial charge < -0.3 is 20.3 Å². The Bertz CT molecular complexity index is 667. The van der Waals surface area contributed by atoms with Crippen LogP contribution in [0.1, 0.15) is 37.2 Å². The zero-order chi connectivity index (χ0) is 20.8. The third-order valence-electron chi connectivity index (χ3n) is 3.96. The van der Waals surface area contributed by atoms with E-state index in [1.54, 1.807) is 0 Å². The smallest absolute Gasteiger partial charge is 0.475 e. The van der Waals surface area contributed by atoms with Crippen LogP contribution in [0, 0.1) is 10.1 Å². The molecule has 152 valence electrons. The molecule has 1 fully saturated rings. The van der Waals surface area contributed by atoms with E-state index in [9.17, 15) is 28.1 Å². The van der Waals surface area contributed by atoms with Gasteiger partial charge in [-0.15, -0.1) is 0 Å². The predicted molar refractivity (Wildman–Crippen MR) is 88.3 cm³/mol. The molecule has 0 aromatic carbocycles. The molecule has 1 aliphatic heterocycles. The molecule has 27 heavy (non-hydrogen) atoms. The van der Waals surface area contributed by atoms with Crippen LogP contribution in [0.2, 0.25) is 0 Å². The lowest BCUT2D eigenvalue weighted by molar-refractivity contribution is -0.384. The lowest BCUT2D eigenvalue weighted by Crippen LogP contribution is -2.46. The Kier molecular flexibility index (Phi) is 7.76. The second-order valence-electron chi connectivity index (χ2n) is 6.21. The van der Waals surface area contributed by atoms with Gasteiger partial charge in [0.25, 0.3) is 11.6 Å². The molecule has 1 aliphatic rings. The van der Waals surface area contributed by atoms with Gasteiger partial charge in [0.2, 0.25) is 0 Å². The summed E-state index contributed by atoms with van der Waals surface area (Å²) in [5, 5.41) is 20.6. The van der Waals surface area contributed by atoms with Gasteiger partial charge in [0.15, 0.2) is 0 Å². The summed E-state index contributed by atoms with van der Waals surface area (Å²) in [6.07, 6.45) is -2.03. The van der Waals surface area contributed by atoms with E-state index in [1.807, 2.05) is 0 Å².